The lowest BCUT2D eigenvalue weighted by Crippen LogP contribution is -2.31. The summed E-state index contributed by atoms with van der Waals surface area (Å²) in [5.41, 5.74) is -0.572. The summed E-state index contributed by atoms with van der Waals surface area (Å²) in [7, 11) is 0. The van der Waals surface area contributed by atoms with E-state index < -0.39 is 17.6 Å². The second-order valence-corrected chi connectivity index (χ2v) is 8.72. The van der Waals surface area contributed by atoms with E-state index in [0.29, 0.717) is 0 Å². The Morgan fingerprint density at radius 1 is 1.15 bits per heavy atom. The minimum Gasteiger partial charge on any atom is -0.463 e. The van der Waals surface area contributed by atoms with Crippen molar-refractivity contribution in [1.29, 1.82) is 0 Å². The summed E-state index contributed by atoms with van der Waals surface area (Å²) in [5, 5.41) is 20.0. The third-order valence-corrected chi connectivity index (χ3v) is 5.28. The fourth-order valence-corrected chi connectivity index (χ4v) is 3.97. The molecule has 0 fully saturated rings. The molecule has 0 radical (unpaired) electrons. The molecule has 0 saturated carbocycles. The summed E-state index contributed by atoms with van der Waals surface area (Å²) in [6.45, 7) is 9.32. The SMILES string of the molecule is CCSC(SCC)[C@H](O)C[C@H](O)COC(=O)C(C)(C)C. The highest BCUT2D eigenvalue weighted by atomic mass is 32.2. The molecule has 4 nitrogen and oxygen atoms in total. The van der Waals surface area contributed by atoms with Crippen LogP contribution in [-0.2, 0) is 9.53 Å². The summed E-state index contributed by atoms with van der Waals surface area (Å²) in [6.07, 6.45) is -1.20. The third kappa shape index (κ3) is 8.39. The van der Waals surface area contributed by atoms with Gasteiger partial charge in [-0.1, -0.05) is 13.8 Å². The zero-order valence-corrected chi connectivity index (χ0v) is 14.7. The minimum absolute atomic E-state index is 0.0537. The van der Waals surface area contributed by atoms with Crippen molar-refractivity contribution in [2.24, 2.45) is 5.41 Å². The second kappa shape index (κ2) is 9.92. The zero-order chi connectivity index (χ0) is 15.8. The first-order chi connectivity index (χ1) is 9.22. The van der Waals surface area contributed by atoms with Crippen molar-refractivity contribution < 1.29 is 19.7 Å². The number of carbonyl (C=O) groups is 1. The van der Waals surface area contributed by atoms with E-state index in [-0.39, 0.29) is 23.6 Å². The minimum atomic E-state index is -0.825. The van der Waals surface area contributed by atoms with Gasteiger partial charge < -0.3 is 14.9 Å². The molecule has 0 aromatic rings. The molecule has 0 aromatic carbocycles. The van der Waals surface area contributed by atoms with Gasteiger partial charge in [0, 0.05) is 6.42 Å². The van der Waals surface area contributed by atoms with Crippen LogP contribution in [0.1, 0.15) is 41.0 Å². The molecule has 0 aliphatic heterocycles. The van der Waals surface area contributed by atoms with Gasteiger partial charge in [-0.2, -0.15) is 0 Å². The number of rotatable bonds is 9. The van der Waals surface area contributed by atoms with Crippen molar-refractivity contribution in [3.63, 3.8) is 0 Å². The highest BCUT2D eigenvalue weighted by Gasteiger charge is 2.26. The quantitative estimate of drug-likeness (QED) is 0.502. The van der Waals surface area contributed by atoms with Crippen molar-refractivity contribution >= 4 is 29.5 Å². The lowest BCUT2D eigenvalue weighted by atomic mass is 9.97. The van der Waals surface area contributed by atoms with Crippen molar-refractivity contribution in [2.75, 3.05) is 18.1 Å². The molecule has 0 unspecified atom stereocenters. The number of ether oxygens (including phenoxy) is 1. The van der Waals surface area contributed by atoms with Gasteiger partial charge in [-0.05, 0) is 32.3 Å². The van der Waals surface area contributed by atoms with Crippen LogP contribution in [0.2, 0.25) is 0 Å². The number of thioether (sulfide) groups is 2. The van der Waals surface area contributed by atoms with Gasteiger partial charge in [0.15, 0.2) is 0 Å². The third-order valence-electron chi connectivity index (χ3n) is 2.51. The Morgan fingerprint density at radius 2 is 1.65 bits per heavy atom. The smallest absolute Gasteiger partial charge is 0.311 e. The molecule has 6 heteroatoms. The maximum Gasteiger partial charge on any atom is 0.311 e. The van der Waals surface area contributed by atoms with E-state index in [1.165, 1.54) is 0 Å². The predicted octanol–water partition coefficient (Wildman–Crippen LogP) is 2.52. The van der Waals surface area contributed by atoms with Crippen LogP contribution in [0, 0.1) is 5.41 Å². The maximum atomic E-state index is 11.6. The molecule has 0 aliphatic rings. The average molecular weight is 325 g/mol. The van der Waals surface area contributed by atoms with E-state index in [1.807, 2.05) is 13.8 Å². The number of aliphatic hydroxyl groups is 2. The lowest BCUT2D eigenvalue weighted by Gasteiger charge is -2.24. The maximum absolute atomic E-state index is 11.6. The van der Waals surface area contributed by atoms with Gasteiger partial charge in [0.05, 0.1) is 22.2 Å². The van der Waals surface area contributed by atoms with Gasteiger partial charge >= 0.3 is 5.97 Å². The molecule has 0 bridgehead atoms. The summed E-state index contributed by atoms with van der Waals surface area (Å²) in [6, 6.07) is 0. The molecule has 2 atom stereocenters. The molecule has 120 valence electrons. The molecule has 0 rings (SSSR count). The summed E-state index contributed by atoms with van der Waals surface area (Å²) in [4.78, 5) is 11.6. The van der Waals surface area contributed by atoms with E-state index in [2.05, 4.69) is 0 Å². The fourth-order valence-electron chi connectivity index (χ4n) is 1.45. The molecule has 0 saturated heterocycles. The Labute approximate surface area is 131 Å². The topological polar surface area (TPSA) is 66.8 Å². The van der Waals surface area contributed by atoms with Crippen molar-refractivity contribution in [1.82, 2.24) is 0 Å². The molecular weight excluding hydrogens is 296 g/mol. The van der Waals surface area contributed by atoms with Crippen molar-refractivity contribution in [2.45, 2.75) is 57.8 Å². The van der Waals surface area contributed by atoms with Gasteiger partial charge in [0.25, 0.3) is 0 Å². The number of hydrogen-bond donors (Lipinski definition) is 2. The van der Waals surface area contributed by atoms with Crippen molar-refractivity contribution in [3.8, 4) is 0 Å². The number of esters is 1. The van der Waals surface area contributed by atoms with E-state index in [1.54, 1.807) is 44.3 Å². The Morgan fingerprint density at radius 3 is 2.05 bits per heavy atom. The second-order valence-electron chi connectivity index (χ2n) is 5.58. The van der Waals surface area contributed by atoms with E-state index >= 15 is 0 Å². The van der Waals surface area contributed by atoms with Crippen LogP contribution in [0.5, 0.6) is 0 Å². The molecule has 0 aromatic heterocycles. The monoisotopic (exact) mass is 324 g/mol. The fraction of sp³-hybridized carbons (Fsp3) is 0.929. The van der Waals surface area contributed by atoms with Crippen LogP contribution in [0.3, 0.4) is 0 Å². The van der Waals surface area contributed by atoms with E-state index in [4.69, 9.17) is 4.74 Å². The van der Waals surface area contributed by atoms with E-state index in [0.717, 1.165) is 11.5 Å². The summed E-state index contributed by atoms with van der Waals surface area (Å²) < 4.78 is 5.11. The lowest BCUT2D eigenvalue weighted by molar-refractivity contribution is -0.156. The number of hydrogen-bond acceptors (Lipinski definition) is 6. The predicted molar refractivity (Wildman–Crippen MR) is 87.1 cm³/mol. The Kier molecular flexibility index (Phi) is 9.97. The first-order valence-electron chi connectivity index (χ1n) is 6.98. The van der Waals surface area contributed by atoms with Gasteiger partial charge in [-0.25, -0.2) is 0 Å². The van der Waals surface area contributed by atoms with E-state index in [9.17, 15) is 15.0 Å². The number of carbonyl (C=O) groups excluding carboxylic acids is 1. The summed E-state index contributed by atoms with van der Waals surface area (Å²) in [5.74, 6) is 1.50. The van der Waals surface area contributed by atoms with Crippen LogP contribution in [0.25, 0.3) is 0 Å². The Hall–Kier alpha value is 0.0900. The summed E-state index contributed by atoms with van der Waals surface area (Å²) >= 11 is 3.35. The van der Waals surface area contributed by atoms with Gasteiger partial charge in [-0.15, -0.1) is 23.5 Å². The highest BCUT2D eigenvalue weighted by molar-refractivity contribution is 8.17. The molecule has 20 heavy (non-hydrogen) atoms. The Bertz CT molecular complexity index is 273. The average Bonchev–Trinajstić information content (AvgIpc) is 2.34. The first kappa shape index (κ1) is 20.1. The molecule has 0 amide bonds. The zero-order valence-electron chi connectivity index (χ0n) is 13.1. The Balaban J connectivity index is 4.17. The largest absolute Gasteiger partial charge is 0.463 e. The van der Waals surface area contributed by atoms with Crippen LogP contribution >= 0.6 is 23.5 Å². The molecule has 0 heterocycles. The standard InChI is InChI=1S/C14H28O4S2/c1-6-19-12(20-7-2)11(16)8-10(15)9-18-13(17)14(3,4)5/h10-12,15-16H,6-9H2,1-5H3/t10-,11+/m0/s1. The molecule has 0 spiro atoms. The van der Waals surface area contributed by atoms with Crippen LogP contribution in [0.4, 0.5) is 0 Å². The highest BCUT2D eigenvalue weighted by Crippen LogP contribution is 2.28. The van der Waals surface area contributed by atoms with Crippen LogP contribution < -0.4 is 0 Å². The normalized spacial score (nSPS) is 15.2. The molecular formula is C14H28O4S2. The van der Waals surface area contributed by atoms with Crippen LogP contribution in [-0.4, -0.2) is 51.1 Å². The molecule has 0 aliphatic carbocycles. The van der Waals surface area contributed by atoms with Gasteiger partial charge in [0.2, 0.25) is 0 Å². The van der Waals surface area contributed by atoms with Crippen LogP contribution in [0.15, 0.2) is 0 Å². The van der Waals surface area contributed by atoms with Gasteiger partial charge in [0.1, 0.15) is 6.61 Å². The first-order valence-corrected chi connectivity index (χ1v) is 9.08. The van der Waals surface area contributed by atoms with Crippen molar-refractivity contribution in [3.05, 3.63) is 0 Å². The van der Waals surface area contributed by atoms with Gasteiger partial charge in [-0.3, -0.25) is 4.79 Å². The number of aliphatic hydroxyl groups excluding tert-OH is 2. The molecule has 2 N–H and O–H groups in total.